The Labute approximate surface area is 163 Å². The molecule has 0 aromatic carbocycles. The maximum absolute atomic E-state index is 11.2. The summed E-state index contributed by atoms with van der Waals surface area (Å²) in [5.74, 6) is -0.239. The molecule has 1 aliphatic rings. The van der Waals surface area contributed by atoms with Crippen molar-refractivity contribution in [2.75, 3.05) is 6.61 Å². The summed E-state index contributed by atoms with van der Waals surface area (Å²) in [5.41, 5.74) is 0.738. The zero-order valence-corrected chi connectivity index (χ0v) is 16.1. The minimum absolute atomic E-state index is 0.239. The molecule has 1 fully saturated rings. The molecule has 28 heavy (non-hydrogen) atoms. The predicted molar refractivity (Wildman–Crippen MR) is 93.2 cm³/mol. The van der Waals surface area contributed by atoms with Gasteiger partial charge in [-0.15, -0.1) is 0 Å². The van der Waals surface area contributed by atoms with Gasteiger partial charge < -0.3 is 0 Å². The number of nitrogens with zero attached hydrogens (tertiary/aromatic N) is 7. The average Bonchev–Trinajstić information content (AvgIpc) is 3.33. The van der Waals surface area contributed by atoms with Crippen molar-refractivity contribution in [1.82, 2.24) is 29.1 Å². The first-order valence-electron chi connectivity index (χ1n) is 8.06. The van der Waals surface area contributed by atoms with Crippen LogP contribution in [-0.2, 0) is 11.8 Å². The Morgan fingerprint density at radius 2 is 2.04 bits per heavy atom. The van der Waals surface area contributed by atoms with Crippen molar-refractivity contribution in [3.8, 4) is 0 Å². The third-order valence-electron chi connectivity index (χ3n) is 4.35. The number of ether oxygens (including phenoxy) is 1. The molecule has 3 aromatic heterocycles. The first-order valence-corrected chi connectivity index (χ1v) is 9.77. The van der Waals surface area contributed by atoms with E-state index in [9.17, 15) is 25.4 Å². The summed E-state index contributed by atoms with van der Waals surface area (Å²) in [5, 5.41) is 40.7. The summed E-state index contributed by atoms with van der Waals surface area (Å²) in [7, 11) is 1.66. The Morgan fingerprint density at radius 3 is 2.71 bits per heavy atom. The molecular formula is C14H15N7O6Se. The number of aryl methyl sites for hydroxylation is 1. The number of hydrogen-bond donors (Lipinski definition) is 3. The van der Waals surface area contributed by atoms with Crippen LogP contribution in [0.25, 0.3) is 11.2 Å². The summed E-state index contributed by atoms with van der Waals surface area (Å²) < 4.78 is 9.44. The van der Waals surface area contributed by atoms with E-state index in [4.69, 9.17) is 4.74 Å². The summed E-state index contributed by atoms with van der Waals surface area (Å²) in [6, 6.07) is 0. The molecule has 0 spiro atoms. The van der Waals surface area contributed by atoms with Gasteiger partial charge in [0.1, 0.15) is 0 Å². The van der Waals surface area contributed by atoms with Gasteiger partial charge in [-0.25, -0.2) is 0 Å². The normalized spacial score (nSPS) is 24.9. The van der Waals surface area contributed by atoms with Crippen molar-refractivity contribution in [3.63, 3.8) is 0 Å². The fourth-order valence-corrected chi connectivity index (χ4v) is 4.90. The van der Waals surface area contributed by atoms with Gasteiger partial charge in [-0.2, -0.15) is 0 Å². The van der Waals surface area contributed by atoms with Crippen molar-refractivity contribution in [2.24, 2.45) is 7.05 Å². The third kappa shape index (κ3) is 2.96. The van der Waals surface area contributed by atoms with Crippen LogP contribution in [0.1, 0.15) is 6.23 Å². The van der Waals surface area contributed by atoms with Crippen molar-refractivity contribution in [1.29, 1.82) is 0 Å². The molecule has 4 rings (SSSR count). The van der Waals surface area contributed by atoms with Gasteiger partial charge in [-0.3, -0.25) is 0 Å². The molecule has 1 aliphatic heterocycles. The Balaban J connectivity index is 1.72. The van der Waals surface area contributed by atoms with Crippen LogP contribution in [0.15, 0.2) is 19.0 Å². The summed E-state index contributed by atoms with van der Waals surface area (Å²) in [6.07, 6.45) is -0.408. The van der Waals surface area contributed by atoms with Crippen LogP contribution >= 0.6 is 0 Å². The van der Waals surface area contributed by atoms with E-state index in [1.54, 1.807) is 11.6 Å². The quantitative estimate of drug-likeness (QED) is 0.201. The van der Waals surface area contributed by atoms with Gasteiger partial charge in [0.15, 0.2) is 0 Å². The van der Waals surface area contributed by atoms with Gasteiger partial charge in [0, 0.05) is 0 Å². The molecule has 4 atom stereocenters. The molecular weight excluding hydrogens is 441 g/mol. The summed E-state index contributed by atoms with van der Waals surface area (Å²) in [4.78, 5) is 27.1. The number of aliphatic hydroxyl groups excluding tert-OH is 3. The first kappa shape index (κ1) is 18.9. The predicted octanol–water partition coefficient (Wildman–Crippen LogP) is -3.27. The van der Waals surface area contributed by atoms with Crippen LogP contribution in [0.5, 0.6) is 0 Å². The van der Waals surface area contributed by atoms with E-state index < -0.39 is 51.0 Å². The van der Waals surface area contributed by atoms with E-state index in [2.05, 4.69) is 19.9 Å². The van der Waals surface area contributed by atoms with Crippen molar-refractivity contribution >= 4 is 41.1 Å². The van der Waals surface area contributed by atoms with Crippen molar-refractivity contribution < 1.29 is 25.0 Å². The van der Waals surface area contributed by atoms with Crippen LogP contribution in [-0.4, -0.2) is 89.2 Å². The minimum atomic E-state index is -1.28. The first-order chi connectivity index (χ1) is 13.4. The molecule has 0 aliphatic carbocycles. The molecule has 4 heterocycles. The van der Waals surface area contributed by atoms with E-state index >= 15 is 0 Å². The maximum atomic E-state index is 11.2. The molecule has 0 bridgehead atoms. The Hall–Kier alpha value is -2.48. The van der Waals surface area contributed by atoms with Gasteiger partial charge in [-0.1, -0.05) is 0 Å². The molecule has 0 amide bonds. The number of rotatable bonds is 5. The van der Waals surface area contributed by atoms with Crippen LogP contribution < -0.4 is 9.18 Å². The van der Waals surface area contributed by atoms with E-state index in [0.717, 1.165) is 0 Å². The van der Waals surface area contributed by atoms with E-state index in [-0.39, 0.29) is 5.82 Å². The van der Waals surface area contributed by atoms with Crippen LogP contribution in [0.4, 0.5) is 5.82 Å². The molecule has 0 saturated carbocycles. The molecule has 0 unspecified atom stereocenters. The molecule has 3 N–H and O–H groups in total. The van der Waals surface area contributed by atoms with Crippen molar-refractivity contribution in [2.45, 2.75) is 24.5 Å². The Kier molecular flexibility index (Phi) is 4.82. The standard InChI is InChI=1S/C14H15N7O6Se/c1-19-4-18-11(21(25)26)14(19)28-12-7-10(15-3-16-12)20(5-17-7)13-9(24)8(23)6(2-22)27-13/h3-6,8-9,13,22-24H,2H2,1H3/t6-,8-,9-,13-/m1/s1. The number of hydrogen-bond acceptors (Lipinski definition) is 10. The van der Waals surface area contributed by atoms with Crippen LogP contribution in [0, 0.1) is 10.1 Å². The van der Waals surface area contributed by atoms with E-state index in [1.165, 1.54) is 23.5 Å². The van der Waals surface area contributed by atoms with Gasteiger partial charge in [0.2, 0.25) is 0 Å². The topological polar surface area (TPSA) is 174 Å². The van der Waals surface area contributed by atoms with Gasteiger partial charge >= 0.3 is 162 Å². The second kappa shape index (κ2) is 7.16. The number of nitro groups is 1. The summed E-state index contributed by atoms with van der Waals surface area (Å²) in [6.45, 7) is -0.450. The fraction of sp³-hybridized carbons (Fsp3) is 0.429. The summed E-state index contributed by atoms with van der Waals surface area (Å²) >= 11 is -0.587. The van der Waals surface area contributed by atoms with Gasteiger partial charge in [0.05, 0.1) is 0 Å². The average molecular weight is 456 g/mol. The molecule has 148 valence electrons. The molecule has 13 nitrogen and oxygen atoms in total. The third-order valence-corrected chi connectivity index (χ3v) is 6.77. The second-order valence-electron chi connectivity index (χ2n) is 6.08. The van der Waals surface area contributed by atoms with E-state index in [0.29, 0.717) is 20.3 Å². The van der Waals surface area contributed by atoms with E-state index in [1.807, 2.05) is 0 Å². The number of imidazole rings is 2. The van der Waals surface area contributed by atoms with Crippen molar-refractivity contribution in [3.05, 3.63) is 29.1 Å². The zero-order valence-electron chi connectivity index (χ0n) is 14.4. The van der Waals surface area contributed by atoms with Gasteiger partial charge in [0.25, 0.3) is 0 Å². The van der Waals surface area contributed by atoms with Crippen LogP contribution in [0.2, 0.25) is 0 Å². The zero-order chi connectivity index (χ0) is 20.0. The fourth-order valence-electron chi connectivity index (χ4n) is 2.94. The number of fused-ring (bicyclic) bond motifs is 1. The molecule has 1 saturated heterocycles. The van der Waals surface area contributed by atoms with Crippen LogP contribution in [0.3, 0.4) is 0 Å². The second-order valence-corrected chi connectivity index (χ2v) is 8.13. The molecule has 3 aromatic rings. The van der Waals surface area contributed by atoms with Gasteiger partial charge in [-0.05, 0) is 0 Å². The molecule has 14 heteroatoms. The monoisotopic (exact) mass is 457 g/mol. The SMILES string of the molecule is Cn1cnc([N+](=O)[O-])c1[Se]c1ncnc2c1ncn2[C@@H]1O[C@H](CO)[C@@H](O)[C@H]1O. The number of aliphatic hydroxyl groups is 3. The Bertz CT molecular complexity index is 1040. The number of aromatic nitrogens is 6. The Morgan fingerprint density at radius 1 is 1.25 bits per heavy atom. The molecule has 0 radical (unpaired) electrons.